The summed E-state index contributed by atoms with van der Waals surface area (Å²) in [5.74, 6) is 3.15. The zero-order valence-electron chi connectivity index (χ0n) is 16.6. The van der Waals surface area contributed by atoms with Gasteiger partial charge in [-0.15, -0.1) is 5.10 Å². The van der Waals surface area contributed by atoms with Crippen molar-refractivity contribution in [3.05, 3.63) is 24.3 Å². The van der Waals surface area contributed by atoms with E-state index in [9.17, 15) is 9.90 Å². The molecule has 4 saturated carbocycles. The van der Waals surface area contributed by atoms with Gasteiger partial charge in [-0.2, -0.15) is 4.68 Å². The van der Waals surface area contributed by atoms with Crippen LogP contribution in [0, 0.1) is 23.2 Å². The minimum atomic E-state index is 0.0403. The summed E-state index contributed by atoms with van der Waals surface area (Å²) >= 11 is 1.33. The number of rotatable bonds is 6. The van der Waals surface area contributed by atoms with Gasteiger partial charge in [-0.1, -0.05) is 11.8 Å². The molecule has 8 heteroatoms. The number of nitrogens with zero attached hydrogens (tertiary/aromatic N) is 4. The number of carbonyl (C=O) groups is 1. The molecule has 1 atom stereocenters. The number of hydrogen-bond acceptors (Lipinski definition) is 6. The van der Waals surface area contributed by atoms with Crippen LogP contribution in [0.2, 0.25) is 0 Å². The molecule has 29 heavy (non-hydrogen) atoms. The van der Waals surface area contributed by atoms with E-state index in [2.05, 4.69) is 27.8 Å². The highest BCUT2D eigenvalue weighted by molar-refractivity contribution is 7.99. The van der Waals surface area contributed by atoms with Gasteiger partial charge in [0.2, 0.25) is 11.1 Å². The predicted octanol–water partition coefficient (Wildman–Crippen LogP) is 3.18. The van der Waals surface area contributed by atoms with E-state index in [1.54, 1.807) is 28.9 Å². The van der Waals surface area contributed by atoms with Crippen LogP contribution in [-0.2, 0) is 4.79 Å². The van der Waals surface area contributed by atoms with E-state index in [4.69, 9.17) is 0 Å². The van der Waals surface area contributed by atoms with Crippen molar-refractivity contribution in [3.8, 4) is 11.4 Å². The molecule has 154 valence electrons. The minimum absolute atomic E-state index is 0.0403. The number of phenols is 1. The van der Waals surface area contributed by atoms with Gasteiger partial charge in [0, 0.05) is 6.04 Å². The lowest BCUT2D eigenvalue weighted by atomic mass is 9.48. The highest BCUT2D eigenvalue weighted by atomic mass is 32.2. The second-order valence-corrected chi connectivity index (χ2v) is 10.2. The van der Waals surface area contributed by atoms with Gasteiger partial charge in [0.25, 0.3) is 0 Å². The molecule has 1 aromatic carbocycles. The van der Waals surface area contributed by atoms with Gasteiger partial charge in [-0.05, 0) is 103 Å². The highest BCUT2D eigenvalue weighted by Gasteiger charge is 2.53. The molecule has 6 rings (SSSR count). The van der Waals surface area contributed by atoms with Crippen LogP contribution in [0.3, 0.4) is 0 Å². The molecule has 1 aromatic heterocycles. The Morgan fingerprint density at radius 1 is 1.21 bits per heavy atom. The predicted molar refractivity (Wildman–Crippen MR) is 110 cm³/mol. The highest BCUT2D eigenvalue weighted by Crippen LogP contribution is 2.61. The maximum absolute atomic E-state index is 12.7. The quantitative estimate of drug-likeness (QED) is 0.707. The third-order valence-corrected chi connectivity index (χ3v) is 8.17. The molecule has 4 aliphatic carbocycles. The molecular formula is C21H27N5O2S. The minimum Gasteiger partial charge on any atom is -0.508 e. The summed E-state index contributed by atoms with van der Waals surface area (Å²) in [6, 6.07) is 6.88. The van der Waals surface area contributed by atoms with Crippen molar-refractivity contribution in [3.63, 3.8) is 0 Å². The molecule has 4 bridgehead atoms. The van der Waals surface area contributed by atoms with Crippen LogP contribution in [-0.4, -0.2) is 43.0 Å². The van der Waals surface area contributed by atoms with E-state index in [0.29, 0.717) is 10.6 Å². The smallest absolute Gasteiger partial charge is 0.230 e. The molecular weight excluding hydrogens is 386 g/mol. The lowest BCUT2D eigenvalue weighted by molar-refractivity contribution is -0.123. The van der Waals surface area contributed by atoms with Gasteiger partial charge in [-0.25, -0.2) is 0 Å². The normalized spacial score (nSPS) is 31.0. The molecule has 7 nitrogen and oxygen atoms in total. The number of nitrogens with one attached hydrogen (secondary N) is 1. The number of phenolic OH excluding ortho intramolecular Hbond substituents is 1. The van der Waals surface area contributed by atoms with E-state index in [0.717, 1.165) is 23.4 Å². The van der Waals surface area contributed by atoms with Gasteiger partial charge in [0.15, 0.2) is 0 Å². The first kappa shape index (κ1) is 18.9. The van der Waals surface area contributed by atoms with Crippen molar-refractivity contribution in [2.75, 3.05) is 5.75 Å². The summed E-state index contributed by atoms with van der Waals surface area (Å²) in [4.78, 5) is 12.7. The Balaban J connectivity index is 1.20. The fourth-order valence-corrected chi connectivity index (χ4v) is 7.00. The van der Waals surface area contributed by atoms with E-state index >= 15 is 0 Å². The average molecular weight is 414 g/mol. The maximum Gasteiger partial charge on any atom is 0.230 e. The maximum atomic E-state index is 12.7. The Labute approximate surface area is 174 Å². The van der Waals surface area contributed by atoms with E-state index in [1.807, 2.05) is 0 Å². The average Bonchev–Trinajstić information content (AvgIpc) is 3.14. The molecule has 1 amide bonds. The molecule has 1 heterocycles. The largest absolute Gasteiger partial charge is 0.508 e. The number of aromatic nitrogens is 4. The molecule has 4 fully saturated rings. The molecule has 2 N–H and O–H groups in total. The molecule has 0 spiro atoms. The van der Waals surface area contributed by atoms with Crippen molar-refractivity contribution < 1.29 is 9.90 Å². The molecule has 0 radical (unpaired) electrons. The standard InChI is InChI=1S/C21H27N5O2S/c1-13(21-9-14-6-15(10-21)8-16(7-14)11-21)22-19(28)12-29-20-23-24-25-26(20)17-2-4-18(27)5-3-17/h2-5,13-16,27H,6-12H2,1H3,(H,22,28). The number of hydrogen-bond donors (Lipinski definition) is 2. The number of amides is 1. The fourth-order valence-electron chi connectivity index (χ4n) is 6.30. The Bertz CT molecular complexity index is 861. The molecule has 1 unspecified atom stereocenters. The topological polar surface area (TPSA) is 92.9 Å². The van der Waals surface area contributed by atoms with Crippen LogP contribution in [0.15, 0.2) is 29.4 Å². The Hall–Kier alpha value is -2.09. The zero-order chi connectivity index (χ0) is 20.0. The first-order valence-corrected chi connectivity index (χ1v) is 11.5. The van der Waals surface area contributed by atoms with Crippen molar-refractivity contribution in [1.29, 1.82) is 0 Å². The molecule has 2 aromatic rings. The SMILES string of the molecule is CC(NC(=O)CSc1nnnn1-c1ccc(O)cc1)C12CC3CC(CC(C3)C1)C2. The zero-order valence-corrected chi connectivity index (χ0v) is 17.4. The Morgan fingerprint density at radius 2 is 1.83 bits per heavy atom. The first-order chi connectivity index (χ1) is 14.0. The number of benzene rings is 1. The lowest BCUT2D eigenvalue weighted by Crippen LogP contribution is -2.56. The van der Waals surface area contributed by atoms with Crippen LogP contribution in [0.1, 0.15) is 45.4 Å². The van der Waals surface area contributed by atoms with Crippen LogP contribution in [0.25, 0.3) is 5.69 Å². The number of tetrazole rings is 1. The van der Waals surface area contributed by atoms with Crippen molar-refractivity contribution in [2.24, 2.45) is 23.2 Å². The van der Waals surface area contributed by atoms with Crippen molar-refractivity contribution in [2.45, 2.75) is 56.6 Å². The van der Waals surface area contributed by atoms with E-state index in [1.165, 1.54) is 50.3 Å². The van der Waals surface area contributed by atoms with Gasteiger partial charge >= 0.3 is 0 Å². The first-order valence-electron chi connectivity index (χ1n) is 10.5. The second-order valence-electron chi connectivity index (χ2n) is 9.25. The van der Waals surface area contributed by atoms with Crippen LogP contribution >= 0.6 is 11.8 Å². The van der Waals surface area contributed by atoms with Crippen molar-refractivity contribution in [1.82, 2.24) is 25.5 Å². The van der Waals surface area contributed by atoms with Crippen LogP contribution in [0.5, 0.6) is 5.75 Å². The summed E-state index contributed by atoms with van der Waals surface area (Å²) in [7, 11) is 0. The summed E-state index contributed by atoms with van der Waals surface area (Å²) in [5, 5.41) is 25.1. The number of thioether (sulfide) groups is 1. The van der Waals surface area contributed by atoms with Gasteiger partial charge < -0.3 is 10.4 Å². The third-order valence-electron chi connectivity index (χ3n) is 7.25. The van der Waals surface area contributed by atoms with Crippen LogP contribution in [0.4, 0.5) is 0 Å². The molecule has 0 aliphatic heterocycles. The summed E-state index contributed by atoms with van der Waals surface area (Å²) in [6.45, 7) is 2.20. The number of carbonyl (C=O) groups excluding carboxylic acids is 1. The van der Waals surface area contributed by atoms with Gasteiger partial charge in [-0.3, -0.25) is 4.79 Å². The van der Waals surface area contributed by atoms with E-state index < -0.39 is 0 Å². The summed E-state index contributed by atoms with van der Waals surface area (Å²) in [5.41, 5.74) is 1.06. The van der Waals surface area contributed by atoms with Crippen molar-refractivity contribution >= 4 is 17.7 Å². The number of aromatic hydroxyl groups is 1. The molecule has 0 saturated heterocycles. The monoisotopic (exact) mass is 413 g/mol. The lowest BCUT2D eigenvalue weighted by Gasteiger charge is -2.59. The Kier molecular flexibility index (Phi) is 4.76. The van der Waals surface area contributed by atoms with E-state index in [-0.39, 0.29) is 23.5 Å². The molecule has 4 aliphatic rings. The second kappa shape index (κ2) is 7.31. The fraction of sp³-hybridized carbons (Fsp3) is 0.619. The van der Waals surface area contributed by atoms with Crippen LogP contribution < -0.4 is 5.32 Å². The van der Waals surface area contributed by atoms with Gasteiger partial charge in [0.1, 0.15) is 5.75 Å². The Morgan fingerprint density at radius 3 is 2.45 bits per heavy atom. The third kappa shape index (κ3) is 3.63. The summed E-state index contributed by atoms with van der Waals surface area (Å²) in [6.07, 6.45) is 8.09. The van der Waals surface area contributed by atoms with Gasteiger partial charge in [0.05, 0.1) is 11.4 Å². The summed E-state index contributed by atoms with van der Waals surface area (Å²) < 4.78 is 1.58.